The molecule has 0 radical (unpaired) electrons. The highest BCUT2D eigenvalue weighted by Crippen LogP contribution is 2.37. The highest BCUT2D eigenvalue weighted by atomic mass is 16.8. The highest BCUT2D eigenvalue weighted by molar-refractivity contribution is 5.70. The molecular formula is C36H48O23. The first kappa shape index (κ1) is 48.0. The van der Waals surface area contributed by atoms with Crippen LogP contribution in [0.2, 0.25) is 0 Å². The van der Waals surface area contributed by atoms with E-state index in [0.717, 1.165) is 62.3 Å². The molecule has 23 nitrogen and oxygen atoms in total. The largest absolute Gasteiger partial charge is 0.492 e. The zero-order chi connectivity index (χ0) is 44.1. The Balaban J connectivity index is 2.21. The summed E-state index contributed by atoms with van der Waals surface area (Å²) >= 11 is 0. The van der Waals surface area contributed by atoms with E-state index >= 15 is 0 Å². The minimum atomic E-state index is -1.91. The maximum absolute atomic E-state index is 12.8. The van der Waals surface area contributed by atoms with Crippen LogP contribution in [0, 0.1) is 0 Å². The van der Waals surface area contributed by atoms with Crippen LogP contribution in [0.3, 0.4) is 0 Å². The van der Waals surface area contributed by atoms with Gasteiger partial charge in [0.2, 0.25) is 0 Å². The van der Waals surface area contributed by atoms with Gasteiger partial charge in [-0.25, -0.2) is 0 Å². The van der Waals surface area contributed by atoms with Crippen LogP contribution in [0.25, 0.3) is 0 Å². The summed E-state index contributed by atoms with van der Waals surface area (Å²) in [4.78, 5) is 110. The van der Waals surface area contributed by atoms with Crippen molar-refractivity contribution in [2.45, 2.75) is 142 Å². The molecule has 2 fully saturated rings. The van der Waals surface area contributed by atoms with Crippen LogP contribution in [0.1, 0.15) is 62.3 Å². The van der Waals surface area contributed by atoms with Gasteiger partial charge in [0, 0.05) is 62.3 Å². The molecule has 330 valence electrons. The van der Waals surface area contributed by atoms with Gasteiger partial charge in [-0.15, -0.1) is 0 Å². The van der Waals surface area contributed by atoms with Crippen LogP contribution in [-0.4, -0.2) is 153 Å². The third kappa shape index (κ3) is 14.7. The van der Waals surface area contributed by atoms with Crippen molar-refractivity contribution in [3.8, 4) is 0 Å². The van der Waals surface area contributed by atoms with Crippen molar-refractivity contribution in [2.24, 2.45) is 0 Å². The molecule has 5 unspecified atom stereocenters. The zero-order valence-electron chi connectivity index (χ0n) is 33.7. The molecule has 0 saturated carbocycles. The molecule has 3 aliphatic heterocycles. The Morgan fingerprint density at radius 1 is 0.390 bits per heavy atom. The fraction of sp³-hybridized carbons (Fsp3) is 0.694. The number of hydrogen-bond donors (Lipinski definition) is 0. The van der Waals surface area contributed by atoms with Crippen LogP contribution in [-0.2, 0) is 109 Å². The molecule has 0 bridgehead atoms. The Labute approximate surface area is 337 Å². The maximum atomic E-state index is 12.8. The van der Waals surface area contributed by atoms with Gasteiger partial charge in [-0.1, -0.05) is 0 Å². The number of carbonyl (C=O) groups is 9. The molecule has 13 atom stereocenters. The van der Waals surface area contributed by atoms with Crippen molar-refractivity contribution in [2.75, 3.05) is 19.8 Å². The lowest BCUT2D eigenvalue weighted by Crippen LogP contribution is -2.67. The second kappa shape index (κ2) is 22.1. The molecule has 3 rings (SSSR count). The van der Waals surface area contributed by atoms with Gasteiger partial charge in [-0.3, -0.25) is 43.2 Å². The molecule has 3 heterocycles. The molecule has 0 aromatic heterocycles. The summed E-state index contributed by atoms with van der Waals surface area (Å²) in [5, 5.41) is 0. The molecule has 0 aliphatic carbocycles. The van der Waals surface area contributed by atoms with Crippen molar-refractivity contribution in [1.82, 2.24) is 0 Å². The minimum Gasteiger partial charge on any atom is -0.492 e. The Morgan fingerprint density at radius 3 is 1.14 bits per heavy atom. The van der Waals surface area contributed by atoms with Crippen molar-refractivity contribution >= 4 is 53.7 Å². The molecule has 59 heavy (non-hydrogen) atoms. The molecular weight excluding hydrogens is 800 g/mol. The van der Waals surface area contributed by atoms with E-state index in [-0.39, 0.29) is 0 Å². The van der Waals surface area contributed by atoms with Gasteiger partial charge >= 0.3 is 53.7 Å². The first-order valence-corrected chi connectivity index (χ1v) is 18.0. The maximum Gasteiger partial charge on any atom is 0.303 e. The van der Waals surface area contributed by atoms with Crippen molar-refractivity contribution in [3.05, 3.63) is 12.3 Å². The molecule has 23 heteroatoms. The quantitative estimate of drug-likeness (QED) is 0.138. The Morgan fingerprint density at radius 2 is 0.729 bits per heavy atom. The molecule has 0 aromatic carbocycles. The topological polar surface area (TPSA) is 283 Å². The number of rotatable bonds is 16. The summed E-state index contributed by atoms with van der Waals surface area (Å²) in [7, 11) is 0. The van der Waals surface area contributed by atoms with Crippen LogP contribution in [0.4, 0.5) is 0 Å². The molecule has 3 aliphatic rings. The van der Waals surface area contributed by atoms with Crippen molar-refractivity contribution < 1.29 is 109 Å². The molecule has 2 saturated heterocycles. The SMILES string of the molecule is CC(=O)OCC1O[C@H](O[C@H]2C(COC(C)=O)O[C@@H](O[C@@H]3C(COC(C)=O)OC=C[C@H]3OC(C)=O)C(OC(C)=O)[C@H]2OC(C)=O)C(OC(C)=O)[C@@H](OC(C)=O)[C@@H]1OC(C)=O. The summed E-state index contributed by atoms with van der Waals surface area (Å²) in [6.45, 7) is 7.62. The number of carbonyl (C=O) groups excluding carboxylic acids is 9. The first-order valence-electron chi connectivity index (χ1n) is 18.0. The fourth-order valence-electron chi connectivity index (χ4n) is 6.16. The van der Waals surface area contributed by atoms with E-state index in [0.29, 0.717) is 0 Å². The van der Waals surface area contributed by atoms with Crippen molar-refractivity contribution in [3.63, 3.8) is 0 Å². The lowest BCUT2D eigenvalue weighted by atomic mass is 9.95. The standard InChI is InChI=1S/C36H48O23/c1-15(37)47-12-25-28(24(10-11-46-25)50-18(4)40)58-35-34(55-23(9)45)32(53-21(7)43)30(27(57-35)14-49-17(3)39)59-36-33(54-22(8)44)31(52-20(6)42)29(51-19(5)41)26(56-36)13-48-16(2)38/h10-11,24-36H,12-14H2,1-9H3/t24-,25?,26?,27?,28+,29-,30+,31+,32+,33?,34?,35+,36-/m1/s1. The van der Waals surface area contributed by atoms with E-state index in [1.54, 1.807) is 0 Å². The van der Waals surface area contributed by atoms with Crippen molar-refractivity contribution in [1.29, 1.82) is 0 Å². The van der Waals surface area contributed by atoms with Gasteiger partial charge in [0.15, 0.2) is 55.3 Å². The van der Waals surface area contributed by atoms with Gasteiger partial charge in [-0.2, -0.15) is 0 Å². The molecule has 0 amide bonds. The Bertz CT molecular complexity index is 1590. The van der Waals surface area contributed by atoms with E-state index in [4.69, 9.17) is 66.3 Å². The van der Waals surface area contributed by atoms with Crippen LogP contribution < -0.4 is 0 Å². The summed E-state index contributed by atoms with van der Waals surface area (Å²) in [5.41, 5.74) is 0. The zero-order valence-corrected chi connectivity index (χ0v) is 33.7. The van der Waals surface area contributed by atoms with Gasteiger partial charge in [0.1, 0.15) is 44.2 Å². The molecule has 0 spiro atoms. The normalized spacial score (nSPS) is 31.2. The smallest absolute Gasteiger partial charge is 0.303 e. The van der Waals surface area contributed by atoms with E-state index in [2.05, 4.69) is 0 Å². The lowest BCUT2D eigenvalue weighted by molar-refractivity contribution is -0.368. The Hall–Kier alpha value is -5.39. The average molecular weight is 849 g/mol. The summed E-state index contributed by atoms with van der Waals surface area (Å²) in [5.74, 6) is -7.85. The average Bonchev–Trinajstić information content (AvgIpc) is 3.10. The second-order valence-corrected chi connectivity index (χ2v) is 13.1. The van der Waals surface area contributed by atoms with Gasteiger partial charge in [-0.05, 0) is 6.08 Å². The van der Waals surface area contributed by atoms with Gasteiger partial charge in [0.05, 0.1) is 6.26 Å². The molecule has 0 aromatic rings. The molecule has 0 N–H and O–H groups in total. The van der Waals surface area contributed by atoms with Crippen LogP contribution >= 0.6 is 0 Å². The lowest BCUT2D eigenvalue weighted by Gasteiger charge is -2.49. The van der Waals surface area contributed by atoms with Gasteiger partial charge in [0.25, 0.3) is 0 Å². The van der Waals surface area contributed by atoms with E-state index < -0.39 is 153 Å². The minimum absolute atomic E-state index is 0.439. The Kier molecular flexibility index (Phi) is 18.0. The predicted octanol–water partition coefficient (Wildman–Crippen LogP) is -0.601. The second-order valence-electron chi connectivity index (χ2n) is 13.1. The van der Waals surface area contributed by atoms with Crippen LogP contribution in [0.5, 0.6) is 0 Å². The number of ether oxygens (including phenoxy) is 14. The van der Waals surface area contributed by atoms with E-state index in [1.165, 1.54) is 12.3 Å². The predicted molar refractivity (Wildman–Crippen MR) is 184 cm³/mol. The van der Waals surface area contributed by atoms with E-state index in [9.17, 15) is 43.2 Å². The third-order valence-electron chi connectivity index (χ3n) is 8.14. The third-order valence-corrected chi connectivity index (χ3v) is 8.14. The summed E-state index contributed by atoms with van der Waals surface area (Å²) in [6.07, 6.45) is -18.5. The fourth-order valence-corrected chi connectivity index (χ4v) is 6.16. The summed E-state index contributed by atoms with van der Waals surface area (Å²) in [6, 6.07) is 0. The van der Waals surface area contributed by atoms with Gasteiger partial charge < -0.3 is 66.3 Å². The monoisotopic (exact) mass is 848 g/mol. The first-order chi connectivity index (χ1) is 27.7. The summed E-state index contributed by atoms with van der Waals surface area (Å²) < 4.78 is 79.1. The highest BCUT2D eigenvalue weighted by Gasteiger charge is 2.58. The number of hydrogen-bond acceptors (Lipinski definition) is 23. The van der Waals surface area contributed by atoms with Crippen LogP contribution in [0.15, 0.2) is 12.3 Å². The number of esters is 9. The van der Waals surface area contributed by atoms with E-state index in [1.807, 2.05) is 0 Å².